The van der Waals surface area contributed by atoms with Crippen LogP contribution in [0.2, 0.25) is 0 Å². The largest absolute Gasteiger partial charge is 0.455 e. The van der Waals surface area contributed by atoms with E-state index in [4.69, 9.17) is 10.5 Å². The van der Waals surface area contributed by atoms with E-state index in [1.165, 1.54) is 30.3 Å². The first-order valence-corrected chi connectivity index (χ1v) is 6.85. The van der Waals surface area contributed by atoms with Crippen molar-refractivity contribution in [2.75, 3.05) is 0 Å². The summed E-state index contributed by atoms with van der Waals surface area (Å²) in [6.07, 6.45) is 0. The molecule has 0 bridgehead atoms. The lowest BCUT2D eigenvalue weighted by Gasteiger charge is -2.15. The Morgan fingerprint density at radius 3 is 2.67 bits per heavy atom. The van der Waals surface area contributed by atoms with E-state index in [1.54, 1.807) is 13.0 Å². The number of nitrogens with two attached hydrogens (primary N) is 1. The Bertz CT molecular complexity index is 692. The second kappa shape index (κ2) is 6.19. The molecule has 0 amide bonds. The number of nitro groups is 1. The van der Waals surface area contributed by atoms with Gasteiger partial charge in [0.15, 0.2) is 0 Å². The molecule has 0 aliphatic heterocycles. The average Bonchev–Trinajstić information content (AvgIpc) is 2.40. The van der Waals surface area contributed by atoms with Gasteiger partial charge in [-0.3, -0.25) is 10.1 Å². The highest BCUT2D eigenvalue weighted by Crippen LogP contribution is 2.36. The van der Waals surface area contributed by atoms with Gasteiger partial charge in [-0.05, 0) is 41.1 Å². The van der Waals surface area contributed by atoms with Gasteiger partial charge in [-0.1, -0.05) is 6.07 Å². The van der Waals surface area contributed by atoms with Crippen LogP contribution in [-0.4, -0.2) is 4.92 Å². The molecule has 0 unspecified atom stereocenters. The summed E-state index contributed by atoms with van der Waals surface area (Å²) in [5.74, 6) is -0.0352. The van der Waals surface area contributed by atoms with E-state index < -0.39 is 16.8 Å². The molecule has 0 heterocycles. The Morgan fingerprint density at radius 1 is 1.33 bits per heavy atom. The summed E-state index contributed by atoms with van der Waals surface area (Å²) >= 11 is 3.24. The fourth-order valence-electron chi connectivity index (χ4n) is 1.85. The molecule has 2 rings (SSSR count). The van der Waals surface area contributed by atoms with E-state index in [-0.39, 0.29) is 22.7 Å². The topological polar surface area (TPSA) is 78.4 Å². The molecule has 21 heavy (non-hydrogen) atoms. The Hall–Kier alpha value is -1.99. The van der Waals surface area contributed by atoms with Gasteiger partial charge >= 0.3 is 0 Å². The molecule has 0 aromatic heterocycles. The van der Waals surface area contributed by atoms with Gasteiger partial charge in [0.2, 0.25) is 0 Å². The maximum absolute atomic E-state index is 13.8. The third-order valence-electron chi connectivity index (χ3n) is 2.81. The van der Waals surface area contributed by atoms with Crippen LogP contribution in [0.1, 0.15) is 18.5 Å². The number of hydrogen-bond donors (Lipinski definition) is 1. The van der Waals surface area contributed by atoms with Crippen molar-refractivity contribution < 1.29 is 14.1 Å². The van der Waals surface area contributed by atoms with Crippen molar-refractivity contribution in [3.8, 4) is 11.5 Å². The van der Waals surface area contributed by atoms with Crippen LogP contribution in [0.25, 0.3) is 0 Å². The molecule has 2 aromatic carbocycles. The molecule has 0 aliphatic rings. The minimum atomic E-state index is -0.571. The number of non-ortho nitro benzene ring substituents is 1. The second-order valence-corrected chi connectivity index (χ2v) is 5.27. The van der Waals surface area contributed by atoms with Gasteiger partial charge in [0.05, 0.1) is 15.5 Å². The van der Waals surface area contributed by atoms with Crippen LogP contribution in [0.5, 0.6) is 11.5 Å². The summed E-state index contributed by atoms with van der Waals surface area (Å²) < 4.78 is 20.0. The number of halogens is 2. The van der Waals surface area contributed by atoms with Crippen molar-refractivity contribution in [1.82, 2.24) is 0 Å². The van der Waals surface area contributed by atoms with Crippen LogP contribution in [-0.2, 0) is 0 Å². The van der Waals surface area contributed by atoms with Crippen molar-refractivity contribution in [3.05, 3.63) is 62.4 Å². The van der Waals surface area contributed by atoms with Crippen LogP contribution in [0.4, 0.5) is 10.1 Å². The maximum Gasteiger partial charge on any atom is 0.273 e. The zero-order valence-electron chi connectivity index (χ0n) is 11.0. The summed E-state index contributed by atoms with van der Waals surface area (Å²) in [7, 11) is 0. The third-order valence-corrected chi connectivity index (χ3v) is 3.47. The minimum absolute atomic E-state index is 0.119. The predicted octanol–water partition coefficient (Wildman–Crippen LogP) is 4.31. The molecule has 110 valence electrons. The first kappa shape index (κ1) is 15.4. The van der Waals surface area contributed by atoms with Crippen molar-refractivity contribution in [1.29, 1.82) is 0 Å². The smallest absolute Gasteiger partial charge is 0.273 e. The van der Waals surface area contributed by atoms with Crippen LogP contribution >= 0.6 is 15.9 Å². The van der Waals surface area contributed by atoms with E-state index >= 15 is 0 Å². The molecule has 0 saturated carbocycles. The molecular weight excluding hydrogens is 343 g/mol. The molecule has 2 aromatic rings. The summed E-state index contributed by atoms with van der Waals surface area (Å²) in [6.45, 7) is 1.63. The lowest BCUT2D eigenvalue weighted by atomic mass is 10.1. The first-order chi connectivity index (χ1) is 9.90. The summed E-state index contributed by atoms with van der Waals surface area (Å²) in [4.78, 5) is 10.3. The monoisotopic (exact) mass is 354 g/mol. The molecule has 0 saturated heterocycles. The van der Waals surface area contributed by atoms with Gasteiger partial charge < -0.3 is 10.5 Å². The number of benzene rings is 2. The van der Waals surface area contributed by atoms with Gasteiger partial charge in [0.25, 0.3) is 5.69 Å². The molecule has 0 aliphatic carbocycles. The highest BCUT2D eigenvalue weighted by atomic mass is 79.9. The number of nitrogens with zero attached hydrogens (tertiary/aromatic N) is 1. The van der Waals surface area contributed by atoms with Gasteiger partial charge in [0, 0.05) is 17.7 Å². The summed E-state index contributed by atoms with van der Waals surface area (Å²) in [5, 5.41) is 10.8. The summed E-state index contributed by atoms with van der Waals surface area (Å²) in [6, 6.07) is 7.87. The minimum Gasteiger partial charge on any atom is -0.455 e. The van der Waals surface area contributed by atoms with Crippen LogP contribution in [0, 0.1) is 15.9 Å². The van der Waals surface area contributed by atoms with Crippen molar-refractivity contribution in [2.45, 2.75) is 13.0 Å². The lowest BCUT2D eigenvalue weighted by Crippen LogP contribution is -2.09. The molecule has 0 radical (unpaired) electrons. The first-order valence-electron chi connectivity index (χ1n) is 6.06. The molecule has 0 fully saturated rings. The van der Waals surface area contributed by atoms with E-state index in [2.05, 4.69) is 15.9 Å². The number of hydrogen-bond acceptors (Lipinski definition) is 4. The zero-order chi connectivity index (χ0) is 15.6. The number of ether oxygens (including phenoxy) is 1. The van der Waals surface area contributed by atoms with Crippen molar-refractivity contribution in [3.63, 3.8) is 0 Å². The molecule has 1 atom stereocenters. The average molecular weight is 355 g/mol. The Kier molecular flexibility index (Phi) is 4.54. The number of rotatable bonds is 4. The lowest BCUT2D eigenvalue weighted by molar-refractivity contribution is -0.384. The van der Waals surface area contributed by atoms with Gasteiger partial charge in [-0.25, -0.2) is 4.39 Å². The second-order valence-electron chi connectivity index (χ2n) is 4.41. The molecular formula is C14H12BrFN2O3. The van der Waals surface area contributed by atoms with Crippen LogP contribution in [0.15, 0.2) is 40.9 Å². The van der Waals surface area contributed by atoms with Crippen molar-refractivity contribution in [2.24, 2.45) is 5.73 Å². The fourth-order valence-corrected chi connectivity index (χ4v) is 2.18. The molecule has 5 nitrogen and oxygen atoms in total. The standard InChI is InChI=1S/C14H12BrFN2O3/c1-8(17)14-11(16)3-2-4-12(14)21-13-7-9(18(19)20)5-6-10(13)15/h2-8H,17H2,1H3/t8-/m0/s1. The predicted molar refractivity (Wildman–Crippen MR) is 79.9 cm³/mol. The number of nitro benzene ring substituents is 1. The Morgan fingerprint density at radius 2 is 2.05 bits per heavy atom. The van der Waals surface area contributed by atoms with Crippen molar-refractivity contribution >= 4 is 21.6 Å². The highest BCUT2D eigenvalue weighted by Gasteiger charge is 2.17. The van der Waals surface area contributed by atoms with Gasteiger partial charge in [-0.2, -0.15) is 0 Å². The fraction of sp³-hybridized carbons (Fsp3) is 0.143. The maximum atomic E-state index is 13.8. The molecule has 0 spiro atoms. The molecule has 7 heteroatoms. The Balaban J connectivity index is 2.45. The van der Waals surface area contributed by atoms with E-state index in [0.29, 0.717) is 4.47 Å². The Labute approximate surface area is 128 Å². The van der Waals surface area contributed by atoms with E-state index in [1.807, 2.05) is 0 Å². The highest BCUT2D eigenvalue weighted by molar-refractivity contribution is 9.10. The van der Waals surface area contributed by atoms with Crippen LogP contribution < -0.4 is 10.5 Å². The quantitative estimate of drug-likeness (QED) is 0.655. The SMILES string of the molecule is C[C@H](N)c1c(F)cccc1Oc1cc([N+](=O)[O-])ccc1Br. The third kappa shape index (κ3) is 3.37. The normalized spacial score (nSPS) is 12.0. The molecule has 2 N–H and O–H groups in total. The van der Waals surface area contributed by atoms with Crippen LogP contribution in [0.3, 0.4) is 0 Å². The van der Waals surface area contributed by atoms with E-state index in [0.717, 1.165) is 0 Å². The van der Waals surface area contributed by atoms with Gasteiger partial charge in [0.1, 0.15) is 17.3 Å². The summed E-state index contributed by atoms with van der Waals surface area (Å²) in [5.41, 5.74) is 5.85. The van der Waals surface area contributed by atoms with E-state index in [9.17, 15) is 14.5 Å². The zero-order valence-corrected chi connectivity index (χ0v) is 12.6. The van der Waals surface area contributed by atoms with Gasteiger partial charge in [-0.15, -0.1) is 0 Å².